The van der Waals surface area contributed by atoms with Crippen LogP contribution >= 0.6 is 0 Å². The molecule has 156 valence electrons. The van der Waals surface area contributed by atoms with E-state index in [4.69, 9.17) is 18.9 Å². The lowest BCUT2D eigenvalue weighted by atomic mass is 9.93. The second kappa shape index (κ2) is 9.03. The van der Waals surface area contributed by atoms with Crippen LogP contribution in [0.2, 0.25) is 0 Å². The third-order valence-corrected chi connectivity index (χ3v) is 5.32. The van der Waals surface area contributed by atoms with Crippen molar-refractivity contribution in [2.45, 2.75) is 44.5 Å². The first-order valence-electron chi connectivity index (χ1n) is 10.2. The quantitative estimate of drug-likeness (QED) is 0.776. The van der Waals surface area contributed by atoms with Gasteiger partial charge in [0.25, 0.3) is 0 Å². The lowest BCUT2D eigenvalue weighted by Crippen LogP contribution is -2.33. The van der Waals surface area contributed by atoms with E-state index in [1.54, 1.807) is 0 Å². The van der Waals surface area contributed by atoms with Crippen LogP contribution in [-0.2, 0) is 11.2 Å². The SMILES string of the molecule is CCOc1ccc(Cc2ccc3c(c2)OCCO3)cc1C1CC(O)CC(CO)O1. The molecule has 29 heavy (non-hydrogen) atoms. The van der Waals surface area contributed by atoms with Gasteiger partial charge < -0.3 is 29.2 Å². The number of hydrogen-bond acceptors (Lipinski definition) is 6. The average Bonchev–Trinajstić information content (AvgIpc) is 2.74. The van der Waals surface area contributed by atoms with Gasteiger partial charge in [0.05, 0.1) is 31.5 Å². The third-order valence-electron chi connectivity index (χ3n) is 5.32. The third kappa shape index (κ3) is 4.66. The number of hydrogen-bond donors (Lipinski definition) is 2. The largest absolute Gasteiger partial charge is 0.493 e. The number of benzene rings is 2. The molecule has 0 bridgehead atoms. The van der Waals surface area contributed by atoms with Crippen LogP contribution in [0.4, 0.5) is 0 Å². The summed E-state index contributed by atoms with van der Waals surface area (Å²) in [7, 11) is 0. The van der Waals surface area contributed by atoms with Crippen molar-refractivity contribution < 1.29 is 29.2 Å². The molecule has 1 fully saturated rings. The molecule has 4 rings (SSSR count). The van der Waals surface area contributed by atoms with E-state index in [0.717, 1.165) is 40.4 Å². The van der Waals surface area contributed by atoms with Crippen molar-refractivity contribution in [3.8, 4) is 17.2 Å². The molecule has 3 unspecified atom stereocenters. The monoisotopic (exact) mass is 400 g/mol. The number of ether oxygens (including phenoxy) is 4. The van der Waals surface area contributed by atoms with Crippen molar-refractivity contribution in [1.82, 2.24) is 0 Å². The van der Waals surface area contributed by atoms with Crippen molar-refractivity contribution in [3.05, 3.63) is 53.1 Å². The molecule has 0 radical (unpaired) electrons. The predicted molar refractivity (Wildman–Crippen MR) is 108 cm³/mol. The van der Waals surface area contributed by atoms with E-state index in [1.807, 2.05) is 37.3 Å². The molecule has 3 atom stereocenters. The molecule has 2 aromatic carbocycles. The van der Waals surface area contributed by atoms with Gasteiger partial charge in [-0.2, -0.15) is 0 Å². The fourth-order valence-electron chi connectivity index (χ4n) is 3.99. The predicted octanol–water partition coefficient (Wildman–Crippen LogP) is 3.02. The van der Waals surface area contributed by atoms with Crippen LogP contribution in [0.15, 0.2) is 36.4 Å². The maximum absolute atomic E-state index is 10.2. The van der Waals surface area contributed by atoms with Crippen LogP contribution in [0.1, 0.15) is 42.6 Å². The van der Waals surface area contributed by atoms with Gasteiger partial charge in [-0.1, -0.05) is 12.1 Å². The summed E-state index contributed by atoms with van der Waals surface area (Å²) in [6, 6.07) is 12.1. The summed E-state index contributed by atoms with van der Waals surface area (Å²) < 4.78 is 23.1. The molecule has 2 aromatic rings. The van der Waals surface area contributed by atoms with Crippen LogP contribution in [0, 0.1) is 0 Å². The van der Waals surface area contributed by atoms with Crippen molar-refractivity contribution in [3.63, 3.8) is 0 Å². The smallest absolute Gasteiger partial charge is 0.161 e. The number of aliphatic hydroxyl groups excluding tert-OH is 2. The summed E-state index contributed by atoms with van der Waals surface area (Å²) in [5.41, 5.74) is 3.16. The fraction of sp³-hybridized carbons (Fsp3) is 0.478. The van der Waals surface area contributed by atoms with Crippen LogP contribution in [-0.4, -0.2) is 48.8 Å². The summed E-state index contributed by atoms with van der Waals surface area (Å²) in [6.45, 7) is 3.54. The van der Waals surface area contributed by atoms with Gasteiger partial charge in [0, 0.05) is 18.4 Å². The van der Waals surface area contributed by atoms with Crippen LogP contribution in [0.5, 0.6) is 17.2 Å². The lowest BCUT2D eigenvalue weighted by Gasteiger charge is -2.33. The Morgan fingerprint density at radius 3 is 2.55 bits per heavy atom. The topological polar surface area (TPSA) is 77.4 Å². The minimum atomic E-state index is -0.498. The van der Waals surface area contributed by atoms with E-state index < -0.39 is 6.10 Å². The Hall–Kier alpha value is -2.28. The molecule has 6 nitrogen and oxygen atoms in total. The molecule has 0 amide bonds. The Bertz CT molecular complexity index is 836. The summed E-state index contributed by atoms with van der Waals surface area (Å²) in [6.07, 6.45) is 0.506. The molecular weight excluding hydrogens is 372 g/mol. The van der Waals surface area contributed by atoms with Gasteiger partial charge in [0.15, 0.2) is 11.5 Å². The van der Waals surface area contributed by atoms with Gasteiger partial charge >= 0.3 is 0 Å². The molecule has 0 saturated carbocycles. The maximum atomic E-state index is 10.2. The first kappa shape index (κ1) is 20.0. The Balaban J connectivity index is 1.59. The van der Waals surface area contributed by atoms with Gasteiger partial charge in [-0.05, 0) is 48.7 Å². The highest BCUT2D eigenvalue weighted by atomic mass is 16.6. The van der Waals surface area contributed by atoms with Crippen LogP contribution in [0.25, 0.3) is 0 Å². The highest BCUT2D eigenvalue weighted by Crippen LogP contribution is 2.38. The highest BCUT2D eigenvalue weighted by molar-refractivity contribution is 5.46. The van der Waals surface area contributed by atoms with E-state index in [2.05, 4.69) is 6.07 Å². The van der Waals surface area contributed by atoms with Gasteiger partial charge in [-0.15, -0.1) is 0 Å². The summed E-state index contributed by atoms with van der Waals surface area (Å²) in [5.74, 6) is 2.32. The van der Waals surface area contributed by atoms with E-state index >= 15 is 0 Å². The molecular formula is C23H28O6. The van der Waals surface area contributed by atoms with E-state index in [1.165, 1.54) is 0 Å². The molecule has 1 saturated heterocycles. The first-order chi connectivity index (χ1) is 14.2. The molecule has 2 aliphatic rings. The normalized spacial score (nSPS) is 23.6. The van der Waals surface area contributed by atoms with Gasteiger partial charge in [-0.25, -0.2) is 0 Å². The second-order valence-corrected chi connectivity index (χ2v) is 7.51. The number of fused-ring (bicyclic) bond motifs is 1. The van der Waals surface area contributed by atoms with Crippen molar-refractivity contribution >= 4 is 0 Å². The van der Waals surface area contributed by atoms with Gasteiger partial charge in [-0.3, -0.25) is 0 Å². The Labute approximate surface area is 171 Å². The minimum Gasteiger partial charge on any atom is -0.493 e. The van der Waals surface area contributed by atoms with E-state index in [0.29, 0.717) is 32.7 Å². The standard InChI is InChI=1S/C23H28O6/c1-2-26-20-5-3-15(9-16-4-6-21-23(11-16)28-8-7-27-21)10-19(20)22-13-17(25)12-18(14-24)29-22/h3-6,10-11,17-18,22,24-25H,2,7-9,12-14H2,1H3. The van der Waals surface area contributed by atoms with Crippen LogP contribution < -0.4 is 14.2 Å². The summed E-state index contributed by atoms with van der Waals surface area (Å²) in [4.78, 5) is 0. The summed E-state index contributed by atoms with van der Waals surface area (Å²) >= 11 is 0. The van der Waals surface area contributed by atoms with Crippen molar-refractivity contribution in [2.24, 2.45) is 0 Å². The lowest BCUT2D eigenvalue weighted by molar-refractivity contribution is -0.114. The summed E-state index contributed by atoms with van der Waals surface area (Å²) in [5, 5.41) is 19.7. The van der Waals surface area contributed by atoms with Crippen LogP contribution in [0.3, 0.4) is 0 Å². The molecule has 6 heteroatoms. The average molecular weight is 400 g/mol. The Morgan fingerprint density at radius 1 is 1.00 bits per heavy atom. The van der Waals surface area contributed by atoms with Crippen molar-refractivity contribution in [1.29, 1.82) is 0 Å². The van der Waals surface area contributed by atoms with Crippen molar-refractivity contribution in [2.75, 3.05) is 26.4 Å². The molecule has 0 aliphatic carbocycles. The Kier molecular flexibility index (Phi) is 6.23. The second-order valence-electron chi connectivity index (χ2n) is 7.51. The maximum Gasteiger partial charge on any atom is 0.161 e. The molecule has 0 aromatic heterocycles. The Morgan fingerprint density at radius 2 is 1.76 bits per heavy atom. The fourth-order valence-corrected chi connectivity index (χ4v) is 3.99. The first-order valence-corrected chi connectivity index (χ1v) is 10.2. The minimum absolute atomic E-state index is 0.103. The molecule has 2 N–H and O–H groups in total. The zero-order chi connectivity index (χ0) is 20.2. The van der Waals surface area contributed by atoms with E-state index in [9.17, 15) is 10.2 Å². The zero-order valence-electron chi connectivity index (χ0n) is 16.7. The zero-order valence-corrected chi connectivity index (χ0v) is 16.7. The van der Waals surface area contributed by atoms with E-state index in [-0.39, 0.29) is 18.8 Å². The van der Waals surface area contributed by atoms with Gasteiger partial charge in [0.2, 0.25) is 0 Å². The molecule has 0 spiro atoms. The van der Waals surface area contributed by atoms with Gasteiger partial charge in [0.1, 0.15) is 19.0 Å². The molecule has 2 heterocycles. The molecule has 2 aliphatic heterocycles. The highest BCUT2D eigenvalue weighted by Gasteiger charge is 2.31. The number of rotatable bonds is 6. The number of aliphatic hydroxyl groups is 2.